The third-order valence-corrected chi connectivity index (χ3v) is 4.64. The van der Waals surface area contributed by atoms with Crippen LogP contribution in [0.5, 0.6) is 11.6 Å². The van der Waals surface area contributed by atoms with Gasteiger partial charge in [-0.1, -0.05) is 39.3 Å². The molecule has 1 aromatic carbocycles. The van der Waals surface area contributed by atoms with Gasteiger partial charge in [0.05, 0.1) is 4.92 Å². The summed E-state index contributed by atoms with van der Waals surface area (Å²) in [6, 6.07) is 3.47. The van der Waals surface area contributed by atoms with Gasteiger partial charge in [-0.25, -0.2) is 4.98 Å². The van der Waals surface area contributed by atoms with Crippen molar-refractivity contribution < 1.29 is 9.66 Å². The normalized spacial score (nSPS) is 11.2. The van der Waals surface area contributed by atoms with Crippen molar-refractivity contribution in [3.63, 3.8) is 0 Å². The number of nitrogens with zero attached hydrogens (tertiary/aromatic N) is 4. The van der Waals surface area contributed by atoms with Crippen molar-refractivity contribution in [2.24, 2.45) is 11.8 Å². The topological polar surface area (TPSA) is 81.4 Å². The minimum absolute atomic E-state index is 0.0753. The highest BCUT2D eigenvalue weighted by atomic mass is 35.5. The van der Waals surface area contributed by atoms with E-state index in [0.29, 0.717) is 35.7 Å². The Kier molecular flexibility index (Phi) is 7.18. The van der Waals surface area contributed by atoms with E-state index in [-0.39, 0.29) is 17.4 Å². The monoisotopic (exact) mass is 406 g/mol. The largest absolute Gasteiger partial charge is 0.434 e. The Balaban J connectivity index is 2.51. The molecule has 152 valence electrons. The van der Waals surface area contributed by atoms with Gasteiger partial charge in [-0.05, 0) is 48.9 Å². The predicted octanol–water partition coefficient (Wildman–Crippen LogP) is 5.57. The fourth-order valence-electron chi connectivity index (χ4n) is 3.03. The summed E-state index contributed by atoms with van der Waals surface area (Å²) >= 11 is 6.20. The Morgan fingerprint density at radius 3 is 2.11 bits per heavy atom. The van der Waals surface area contributed by atoms with Gasteiger partial charge in [0.25, 0.3) is 0 Å². The minimum Gasteiger partial charge on any atom is -0.434 e. The number of ether oxygens (including phenoxy) is 1. The molecule has 0 amide bonds. The average molecular weight is 407 g/mol. The van der Waals surface area contributed by atoms with Crippen molar-refractivity contribution in [1.29, 1.82) is 0 Å². The second-order valence-corrected chi connectivity index (χ2v) is 8.15. The molecule has 0 atom stereocenters. The van der Waals surface area contributed by atoms with E-state index in [1.165, 1.54) is 6.33 Å². The van der Waals surface area contributed by atoms with Gasteiger partial charge in [0.1, 0.15) is 12.1 Å². The van der Waals surface area contributed by atoms with Gasteiger partial charge in [0.2, 0.25) is 5.82 Å². The molecule has 0 unspecified atom stereocenters. The van der Waals surface area contributed by atoms with E-state index in [2.05, 4.69) is 37.7 Å². The highest BCUT2D eigenvalue weighted by Gasteiger charge is 2.29. The molecular weight excluding hydrogens is 380 g/mol. The minimum atomic E-state index is -0.478. The summed E-state index contributed by atoms with van der Waals surface area (Å²) in [5, 5.41) is 12.5. The number of nitro groups is 1. The summed E-state index contributed by atoms with van der Waals surface area (Å²) < 4.78 is 5.81. The van der Waals surface area contributed by atoms with Crippen LogP contribution in [0.25, 0.3) is 0 Å². The van der Waals surface area contributed by atoms with E-state index in [1.807, 2.05) is 18.7 Å². The maximum atomic E-state index is 11.9. The molecule has 0 bridgehead atoms. The molecule has 0 aliphatic carbocycles. The highest BCUT2D eigenvalue weighted by Crippen LogP contribution is 2.37. The SMILES string of the molecule is Cc1cc(Oc2ncnc(N(CC(C)C)CC(C)C)c2[N+](=O)[O-])cc(C)c1Cl. The third kappa shape index (κ3) is 5.32. The molecule has 0 aliphatic heterocycles. The van der Waals surface area contributed by atoms with Crippen molar-refractivity contribution in [3.05, 3.63) is 44.7 Å². The third-order valence-electron chi connectivity index (χ3n) is 4.05. The van der Waals surface area contributed by atoms with Gasteiger partial charge in [0.15, 0.2) is 0 Å². The first-order valence-electron chi connectivity index (χ1n) is 9.29. The van der Waals surface area contributed by atoms with E-state index in [0.717, 1.165) is 11.1 Å². The standard InChI is InChI=1S/C20H27ClN4O3/c1-12(2)9-24(10-13(3)4)19-18(25(26)27)20(23-11-22-19)28-16-7-14(5)17(21)15(6)8-16/h7-8,11-13H,9-10H2,1-6H3. The highest BCUT2D eigenvalue weighted by molar-refractivity contribution is 6.32. The fourth-order valence-corrected chi connectivity index (χ4v) is 3.13. The first kappa shape index (κ1) is 21.9. The van der Waals surface area contributed by atoms with Crippen LogP contribution in [0.2, 0.25) is 5.02 Å². The molecular formula is C20H27ClN4O3. The van der Waals surface area contributed by atoms with Crippen molar-refractivity contribution in [1.82, 2.24) is 9.97 Å². The summed E-state index contributed by atoms with van der Waals surface area (Å²) in [7, 11) is 0. The Labute approximate surface area is 170 Å². The molecule has 28 heavy (non-hydrogen) atoms. The number of rotatable bonds is 8. The fraction of sp³-hybridized carbons (Fsp3) is 0.500. The van der Waals surface area contributed by atoms with Crippen LogP contribution in [0, 0.1) is 35.8 Å². The van der Waals surface area contributed by atoms with E-state index >= 15 is 0 Å². The second-order valence-electron chi connectivity index (χ2n) is 7.77. The molecule has 8 heteroatoms. The molecule has 1 heterocycles. The summed E-state index contributed by atoms with van der Waals surface area (Å²) in [6.07, 6.45) is 1.31. The molecule has 2 rings (SSSR count). The van der Waals surface area contributed by atoms with Crippen molar-refractivity contribution in [3.8, 4) is 11.6 Å². The van der Waals surface area contributed by atoms with E-state index in [1.54, 1.807) is 12.1 Å². The first-order valence-corrected chi connectivity index (χ1v) is 9.66. The Morgan fingerprint density at radius 2 is 1.64 bits per heavy atom. The lowest BCUT2D eigenvalue weighted by atomic mass is 10.1. The van der Waals surface area contributed by atoms with Crippen LogP contribution in [0.3, 0.4) is 0 Å². The second kappa shape index (κ2) is 9.19. The first-order chi connectivity index (χ1) is 13.1. The van der Waals surface area contributed by atoms with E-state index in [9.17, 15) is 10.1 Å². The lowest BCUT2D eigenvalue weighted by Gasteiger charge is -2.27. The lowest BCUT2D eigenvalue weighted by molar-refractivity contribution is -0.385. The molecule has 7 nitrogen and oxygen atoms in total. The number of aryl methyl sites for hydroxylation is 2. The molecule has 0 fully saturated rings. The molecule has 0 saturated carbocycles. The zero-order chi connectivity index (χ0) is 21.0. The Morgan fingerprint density at radius 1 is 1.11 bits per heavy atom. The predicted molar refractivity (Wildman–Crippen MR) is 112 cm³/mol. The molecule has 2 aromatic rings. The van der Waals surface area contributed by atoms with Crippen LogP contribution in [0.4, 0.5) is 11.5 Å². The van der Waals surface area contributed by atoms with Crippen molar-refractivity contribution >= 4 is 23.1 Å². The number of benzene rings is 1. The number of halogens is 1. The molecule has 0 aliphatic rings. The Bertz CT molecular complexity index is 822. The van der Waals surface area contributed by atoms with Crippen LogP contribution in [-0.2, 0) is 0 Å². The molecule has 1 aromatic heterocycles. The van der Waals surface area contributed by atoms with Crippen LogP contribution < -0.4 is 9.64 Å². The molecule has 0 saturated heterocycles. The van der Waals surface area contributed by atoms with Crippen LogP contribution >= 0.6 is 11.6 Å². The van der Waals surface area contributed by atoms with Gasteiger partial charge in [-0.15, -0.1) is 0 Å². The number of hydrogen-bond donors (Lipinski definition) is 0. The van der Waals surface area contributed by atoms with Crippen LogP contribution in [0.1, 0.15) is 38.8 Å². The van der Waals surface area contributed by atoms with Crippen LogP contribution in [-0.4, -0.2) is 28.0 Å². The zero-order valence-corrected chi connectivity index (χ0v) is 17.9. The molecule has 0 spiro atoms. The smallest absolute Gasteiger partial charge is 0.373 e. The number of anilines is 1. The summed E-state index contributed by atoms with van der Waals surface area (Å²) in [5.41, 5.74) is 1.43. The van der Waals surface area contributed by atoms with Crippen LogP contribution in [0.15, 0.2) is 18.5 Å². The number of hydrogen-bond acceptors (Lipinski definition) is 6. The maximum absolute atomic E-state index is 11.9. The van der Waals surface area contributed by atoms with Gasteiger partial charge in [-0.2, -0.15) is 4.98 Å². The summed E-state index contributed by atoms with van der Waals surface area (Å²) in [4.78, 5) is 21.6. The quantitative estimate of drug-likeness (QED) is 0.421. The molecule has 0 N–H and O–H groups in total. The van der Waals surface area contributed by atoms with Gasteiger partial charge >= 0.3 is 11.6 Å². The van der Waals surface area contributed by atoms with E-state index in [4.69, 9.17) is 16.3 Å². The average Bonchev–Trinajstić information content (AvgIpc) is 2.57. The maximum Gasteiger partial charge on any atom is 0.373 e. The van der Waals surface area contributed by atoms with Crippen molar-refractivity contribution in [2.75, 3.05) is 18.0 Å². The van der Waals surface area contributed by atoms with E-state index < -0.39 is 4.92 Å². The van der Waals surface area contributed by atoms with Gasteiger partial charge in [-0.3, -0.25) is 10.1 Å². The summed E-state index contributed by atoms with van der Waals surface area (Å²) in [5.74, 6) is 1.29. The van der Waals surface area contributed by atoms with Gasteiger partial charge in [0, 0.05) is 18.1 Å². The van der Waals surface area contributed by atoms with Gasteiger partial charge < -0.3 is 9.64 Å². The van der Waals surface area contributed by atoms with Crippen molar-refractivity contribution in [2.45, 2.75) is 41.5 Å². The lowest BCUT2D eigenvalue weighted by Crippen LogP contribution is -2.32. The molecule has 0 radical (unpaired) electrons. The zero-order valence-electron chi connectivity index (χ0n) is 17.2. The summed E-state index contributed by atoms with van der Waals surface area (Å²) in [6.45, 7) is 13.3. The Hall–Kier alpha value is -2.41. The number of aromatic nitrogens is 2.